The molecule has 0 saturated heterocycles. The van der Waals surface area contributed by atoms with E-state index in [1.807, 2.05) is 18.2 Å². The van der Waals surface area contributed by atoms with Crippen LogP contribution in [0.4, 0.5) is 0 Å². The molecule has 82 valence electrons. The molecule has 15 heavy (non-hydrogen) atoms. The number of nitrogens with one attached hydrogen (secondary N) is 1. The first-order valence-electron chi connectivity index (χ1n) is 5.38. The Morgan fingerprint density at radius 2 is 2.00 bits per heavy atom. The molecule has 0 aromatic heterocycles. The van der Waals surface area contributed by atoms with E-state index in [0.29, 0.717) is 11.8 Å². The van der Waals surface area contributed by atoms with Gasteiger partial charge in [-0.1, -0.05) is 36.2 Å². The van der Waals surface area contributed by atoms with E-state index in [2.05, 4.69) is 12.2 Å². The van der Waals surface area contributed by atoms with E-state index >= 15 is 0 Å². The fraction of sp³-hybridized carbons (Fsp3) is 0.500. The molecule has 1 saturated carbocycles. The molecule has 0 spiro atoms. The summed E-state index contributed by atoms with van der Waals surface area (Å²) >= 11 is 12.3. The van der Waals surface area contributed by atoms with Gasteiger partial charge in [-0.15, -0.1) is 0 Å². The second-order valence-corrected chi connectivity index (χ2v) is 4.86. The smallest absolute Gasteiger partial charge is 0.0455 e. The lowest BCUT2D eigenvalue weighted by atomic mass is 10.1. The van der Waals surface area contributed by atoms with Crippen LogP contribution >= 0.6 is 23.2 Å². The third-order valence-electron chi connectivity index (χ3n) is 2.95. The Hall–Kier alpha value is -0.240. The number of benzene rings is 1. The van der Waals surface area contributed by atoms with Gasteiger partial charge in [0.2, 0.25) is 0 Å². The predicted molar refractivity (Wildman–Crippen MR) is 65.9 cm³/mol. The van der Waals surface area contributed by atoms with Crippen LogP contribution < -0.4 is 5.32 Å². The van der Waals surface area contributed by atoms with E-state index in [1.54, 1.807) is 0 Å². The molecule has 0 heterocycles. The van der Waals surface area contributed by atoms with Crippen molar-refractivity contribution in [3.05, 3.63) is 33.8 Å². The zero-order valence-corrected chi connectivity index (χ0v) is 10.3. The molecule has 0 amide bonds. The number of rotatable bonds is 4. The van der Waals surface area contributed by atoms with Crippen molar-refractivity contribution >= 4 is 23.2 Å². The van der Waals surface area contributed by atoms with Crippen molar-refractivity contribution < 1.29 is 0 Å². The monoisotopic (exact) mass is 243 g/mol. The maximum absolute atomic E-state index is 6.16. The van der Waals surface area contributed by atoms with Crippen LogP contribution in [0.25, 0.3) is 0 Å². The zero-order chi connectivity index (χ0) is 10.8. The number of hydrogen-bond acceptors (Lipinski definition) is 1. The third kappa shape index (κ3) is 2.47. The lowest BCUT2D eigenvalue weighted by Gasteiger charge is -2.06. The molecule has 1 fully saturated rings. The highest BCUT2D eigenvalue weighted by atomic mass is 35.5. The lowest BCUT2D eigenvalue weighted by Crippen LogP contribution is -2.16. The predicted octanol–water partition coefficient (Wildman–Crippen LogP) is 3.71. The minimum atomic E-state index is 0.560. The van der Waals surface area contributed by atoms with Crippen molar-refractivity contribution in [2.45, 2.75) is 19.3 Å². The summed E-state index contributed by atoms with van der Waals surface area (Å²) in [7, 11) is 0. The van der Waals surface area contributed by atoms with Gasteiger partial charge in [0.25, 0.3) is 0 Å². The van der Waals surface area contributed by atoms with Crippen LogP contribution in [0.3, 0.4) is 0 Å². The van der Waals surface area contributed by atoms with Crippen LogP contribution in [0.1, 0.15) is 24.8 Å². The van der Waals surface area contributed by atoms with Gasteiger partial charge >= 0.3 is 0 Å². The summed E-state index contributed by atoms with van der Waals surface area (Å²) in [5, 5.41) is 4.99. The van der Waals surface area contributed by atoms with E-state index in [-0.39, 0.29) is 0 Å². The Labute approximate surface area is 101 Å². The largest absolute Gasteiger partial charge is 0.317 e. The molecule has 3 heteroatoms. The zero-order valence-electron chi connectivity index (χ0n) is 8.76. The van der Waals surface area contributed by atoms with Gasteiger partial charge in [0.05, 0.1) is 0 Å². The molecule has 0 radical (unpaired) electrons. The minimum Gasteiger partial charge on any atom is -0.317 e. The first-order chi connectivity index (χ1) is 7.24. The van der Waals surface area contributed by atoms with Gasteiger partial charge < -0.3 is 5.32 Å². The summed E-state index contributed by atoms with van der Waals surface area (Å²) in [5.74, 6) is 1.27. The first-order valence-corrected chi connectivity index (χ1v) is 6.14. The molecule has 2 rings (SSSR count). The summed E-state index contributed by atoms with van der Waals surface area (Å²) in [6.45, 7) is 4.22. The second kappa shape index (κ2) is 4.73. The number of hydrogen-bond donors (Lipinski definition) is 1. The molecule has 1 N–H and O–H groups in total. The SMILES string of the molecule is CCNCC1CC1c1c(Cl)cccc1Cl. The van der Waals surface area contributed by atoms with Crippen molar-refractivity contribution in [3.63, 3.8) is 0 Å². The van der Waals surface area contributed by atoms with E-state index < -0.39 is 0 Å². The van der Waals surface area contributed by atoms with Crippen LogP contribution in [0, 0.1) is 5.92 Å². The molecule has 0 bridgehead atoms. The van der Waals surface area contributed by atoms with Crippen LogP contribution in [-0.2, 0) is 0 Å². The van der Waals surface area contributed by atoms with Crippen LogP contribution in [0.2, 0.25) is 10.0 Å². The van der Waals surface area contributed by atoms with Crippen LogP contribution in [0.15, 0.2) is 18.2 Å². The maximum atomic E-state index is 6.16. The first kappa shape index (κ1) is 11.3. The Morgan fingerprint density at radius 1 is 1.33 bits per heavy atom. The second-order valence-electron chi connectivity index (χ2n) is 4.05. The van der Waals surface area contributed by atoms with Gasteiger partial charge in [-0.05, 0) is 49.0 Å². The standard InChI is InChI=1S/C12H15Cl2N/c1-2-15-7-8-6-9(8)12-10(13)4-3-5-11(12)14/h3-5,8-9,15H,2,6-7H2,1H3. The lowest BCUT2D eigenvalue weighted by molar-refractivity contribution is 0.649. The summed E-state index contributed by atoms with van der Waals surface area (Å²) in [6.07, 6.45) is 1.20. The van der Waals surface area contributed by atoms with Crippen molar-refractivity contribution in [1.29, 1.82) is 0 Å². The summed E-state index contributed by atoms with van der Waals surface area (Å²) < 4.78 is 0. The highest BCUT2D eigenvalue weighted by molar-refractivity contribution is 6.36. The van der Waals surface area contributed by atoms with Gasteiger partial charge in [-0.3, -0.25) is 0 Å². The molecular weight excluding hydrogens is 229 g/mol. The van der Waals surface area contributed by atoms with Crippen molar-refractivity contribution in [3.8, 4) is 0 Å². The average Bonchev–Trinajstić information content (AvgIpc) is 2.94. The molecule has 1 aromatic rings. The van der Waals surface area contributed by atoms with E-state index in [4.69, 9.17) is 23.2 Å². The normalized spacial score (nSPS) is 24.2. The van der Waals surface area contributed by atoms with Crippen molar-refractivity contribution in [1.82, 2.24) is 5.32 Å². The molecule has 1 nitrogen and oxygen atoms in total. The average molecular weight is 244 g/mol. The highest BCUT2D eigenvalue weighted by Crippen LogP contribution is 2.51. The van der Waals surface area contributed by atoms with Crippen LogP contribution in [0.5, 0.6) is 0 Å². The molecular formula is C12H15Cl2N. The molecule has 1 aromatic carbocycles. The molecule has 1 aliphatic carbocycles. The fourth-order valence-corrected chi connectivity index (χ4v) is 2.70. The summed E-state index contributed by atoms with van der Waals surface area (Å²) in [5.41, 5.74) is 1.14. The highest BCUT2D eigenvalue weighted by Gasteiger charge is 2.39. The fourth-order valence-electron chi connectivity index (χ4n) is 2.02. The topological polar surface area (TPSA) is 12.0 Å². The molecule has 2 atom stereocenters. The number of halogens is 2. The Bertz CT molecular complexity index is 331. The van der Waals surface area contributed by atoms with Gasteiger partial charge in [-0.2, -0.15) is 0 Å². The van der Waals surface area contributed by atoms with E-state index in [1.165, 1.54) is 6.42 Å². The molecule has 1 aliphatic rings. The Kier molecular flexibility index (Phi) is 3.55. The maximum Gasteiger partial charge on any atom is 0.0455 e. The van der Waals surface area contributed by atoms with Gasteiger partial charge in [0.15, 0.2) is 0 Å². The van der Waals surface area contributed by atoms with E-state index in [9.17, 15) is 0 Å². The van der Waals surface area contributed by atoms with Crippen molar-refractivity contribution in [2.24, 2.45) is 5.92 Å². The van der Waals surface area contributed by atoms with Crippen molar-refractivity contribution in [2.75, 3.05) is 13.1 Å². The summed E-state index contributed by atoms with van der Waals surface area (Å²) in [6, 6.07) is 5.74. The minimum absolute atomic E-state index is 0.560. The van der Waals surface area contributed by atoms with E-state index in [0.717, 1.165) is 28.7 Å². The summed E-state index contributed by atoms with van der Waals surface area (Å²) in [4.78, 5) is 0. The van der Waals surface area contributed by atoms with Crippen LogP contribution in [-0.4, -0.2) is 13.1 Å². The Balaban J connectivity index is 2.06. The molecule has 2 unspecified atom stereocenters. The van der Waals surface area contributed by atoms with Gasteiger partial charge in [0, 0.05) is 10.0 Å². The third-order valence-corrected chi connectivity index (χ3v) is 3.61. The molecule has 0 aliphatic heterocycles. The Morgan fingerprint density at radius 3 is 2.60 bits per heavy atom. The quantitative estimate of drug-likeness (QED) is 0.851. The van der Waals surface area contributed by atoms with Gasteiger partial charge in [0.1, 0.15) is 0 Å². The van der Waals surface area contributed by atoms with Gasteiger partial charge in [-0.25, -0.2) is 0 Å².